The molecule has 1 aromatic carbocycles. The molecule has 1 rings (SSSR count). The maximum absolute atomic E-state index is 11.0. The van der Waals surface area contributed by atoms with E-state index in [0.717, 1.165) is 10.0 Å². The minimum Gasteiger partial charge on any atom is -0.469 e. The van der Waals surface area contributed by atoms with Crippen LogP contribution in [0.2, 0.25) is 5.02 Å². The van der Waals surface area contributed by atoms with Crippen LogP contribution in [-0.2, 0) is 9.53 Å². The normalized spacial score (nSPS) is 12.3. The number of esters is 1. The van der Waals surface area contributed by atoms with E-state index in [1.807, 2.05) is 6.07 Å². The van der Waals surface area contributed by atoms with E-state index in [9.17, 15) is 4.79 Å². The van der Waals surface area contributed by atoms with Gasteiger partial charge in [-0.05, 0) is 17.7 Å². The standard InChI is InChI=1S/C10H11BrClNO2/c1-15-10(14)5-9(13)7-3-2-6(11)4-8(7)12/h2-4,9H,5,13H2,1H3/t9-/m0/s1. The molecule has 1 atom stereocenters. The molecule has 0 saturated carbocycles. The molecule has 0 radical (unpaired) electrons. The minimum atomic E-state index is -0.432. The van der Waals surface area contributed by atoms with Gasteiger partial charge in [0.25, 0.3) is 0 Å². The Morgan fingerprint density at radius 3 is 2.87 bits per heavy atom. The number of ether oxygens (including phenoxy) is 1. The lowest BCUT2D eigenvalue weighted by molar-refractivity contribution is -0.141. The Morgan fingerprint density at radius 2 is 2.33 bits per heavy atom. The number of benzene rings is 1. The van der Waals surface area contributed by atoms with E-state index in [2.05, 4.69) is 20.7 Å². The third-order valence-electron chi connectivity index (χ3n) is 1.98. The van der Waals surface area contributed by atoms with Crippen molar-refractivity contribution >= 4 is 33.5 Å². The average Bonchev–Trinajstić information content (AvgIpc) is 2.17. The molecule has 2 N–H and O–H groups in total. The zero-order valence-corrected chi connectivity index (χ0v) is 10.5. The molecule has 15 heavy (non-hydrogen) atoms. The van der Waals surface area contributed by atoms with Gasteiger partial charge in [0.1, 0.15) is 0 Å². The first-order chi connectivity index (χ1) is 7.04. The van der Waals surface area contributed by atoms with Gasteiger partial charge in [-0.2, -0.15) is 0 Å². The van der Waals surface area contributed by atoms with Gasteiger partial charge in [0.15, 0.2) is 0 Å². The van der Waals surface area contributed by atoms with E-state index in [0.29, 0.717) is 5.02 Å². The van der Waals surface area contributed by atoms with Crippen molar-refractivity contribution in [2.24, 2.45) is 5.73 Å². The van der Waals surface area contributed by atoms with Crippen LogP contribution < -0.4 is 5.73 Å². The van der Waals surface area contributed by atoms with Gasteiger partial charge in [0.05, 0.1) is 13.5 Å². The average molecular weight is 293 g/mol. The van der Waals surface area contributed by atoms with Crippen molar-refractivity contribution < 1.29 is 9.53 Å². The number of halogens is 2. The molecule has 0 aliphatic carbocycles. The summed E-state index contributed by atoms with van der Waals surface area (Å²) in [4.78, 5) is 11.0. The summed E-state index contributed by atoms with van der Waals surface area (Å²) in [5.41, 5.74) is 6.56. The number of hydrogen-bond donors (Lipinski definition) is 1. The Morgan fingerprint density at radius 1 is 1.67 bits per heavy atom. The van der Waals surface area contributed by atoms with Gasteiger partial charge in [-0.25, -0.2) is 0 Å². The molecule has 0 heterocycles. The molecule has 0 aromatic heterocycles. The van der Waals surface area contributed by atoms with E-state index in [4.69, 9.17) is 17.3 Å². The van der Waals surface area contributed by atoms with Crippen LogP contribution in [0.1, 0.15) is 18.0 Å². The van der Waals surface area contributed by atoms with Gasteiger partial charge in [0.2, 0.25) is 0 Å². The molecule has 0 fully saturated rings. The molecule has 1 aromatic rings. The van der Waals surface area contributed by atoms with E-state index >= 15 is 0 Å². The molecule has 5 heteroatoms. The highest BCUT2D eigenvalue weighted by Crippen LogP contribution is 2.26. The molecule has 0 unspecified atom stereocenters. The maximum atomic E-state index is 11.0. The van der Waals surface area contributed by atoms with Crippen LogP contribution in [0.5, 0.6) is 0 Å². The molecule has 82 valence electrons. The Labute approximate surface area is 102 Å². The monoisotopic (exact) mass is 291 g/mol. The van der Waals surface area contributed by atoms with Gasteiger partial charge < -0.3 is 10.5 Å². The fraction of sp³-hybridized carbons (Fsp3) is 0.300. The van der Waals surface area contributed by atoms with Crippen LogP contribution >= 0.6 is 27.5 Å². The highest BCUT2D eigenvalue weighted by atomic mass is 79.9. The van der Waals surface area contributed by atoms with Crippen LogP contribution in [0.25, 0.3) is 0 Å². The summed E-state index contributed by atoms with van der Waals surface area (Å²) in [5, 5.41) is 0.542. The van der Waals surface area contributed by atoms with Crippen LogP contribution in [0.4, 0.5) is 0 Å². The Kier molecular flexibility index (Phi) is 4.57. The zero-order chi connectivity index (χ0) is 11.4. The maximum Gasteiger partial charge on any atom is 0.307 e. The lowest BCUT2D eigenvalue weighted by Gasteiger charge is -2.12. The molecular weight excluding hydrogens is 281 g/mol. The molecule has 0 saturated heterocycles. The summed E-state index contributed by atoms with van der Waals surface area (Å²) < 4.78 is 5.41. The smallest absolute Gasteiger partial charge is 0.307 e. The summed E-state index contributed by atoms with van der Waals surface area (Å²) in [6, 6.07) is 4.94. The molecular formula is C10H11BrClNO2. The number of methoxy groups -OCH3 is 1. The van der Waals surface area contributed by atoms with Crippen molar-refractivity contribution in [2.45, 2.75) is 12.5 Å². The van der Waals surface area contributed by atoms with Gasteiger partial charge in [-0.3, -0.25) is 4.79 Å². The molecule has 0 aliphatic rings. The van der Waals surface area contributed by atoms with E-state index in [1.54, 1.807) is 12.1 Å². The van der Waals surface area contributed by atoms with E-state index < -0.39 is 6.04 Å². The van der Waals surface area contributed by atoms with Gasteiger partial charge in [-0.15, -0.1) is 0 Å². The molecule has 0 aliphatic heterocycles. The van der Waals surface area contributed by atoms with E-state index in [-0.39, 0.29) is 12.4 Å². The second-order valence-electron chi connectivity index (χ2n) is 3.05. The molecule has 0 amide bonds. The predicted octanol–water partition coefficient (Wildman–Crippen LogP) is 2.67. The highest BCUT2D eigenvalue weighted by molar-refractivity contribution is 9.10. The van der Waals surface area contributed by atoms with Crippen LogP contribution in [0, 0.1) is 0 Å². The SMILES string of the molecule is COC(=O)C[C@H](N)c1ccc(Br)cc1Cl. The molecule has 3 nitrogen and oxygen atoms in total. The number of nitrogens with two attached hydrogens (primary N) is 1. The quantitative estimate of drug-likeness (QED) is 0.871. The minimum absolute atomic E-state index is 0.123. The lowest BCUT2D eigenvalue weighted by atomic mass is 10.1. The summed E-state index contributed by atoms with van der Waals surface area (Å²) in [6.45, 7) is 0. The molecule has 0 bridgehead atoms. The molecule has 0 spiro atoms. The number of hydrogen-bond acceptors (Lipinski definition) is 3. The van der Waals surface area contributed by atoms with E-state index in [1.165, 1.54) is 7.11 Å². The number of carbonyl (C=O) groups excluding carboxylic acids is 1. The third-order valence-corrected chi connectivity index (χ3v) is 2.80. The van der Waals surface area contributed by atoms with Gasteiger partial charge >= 0.3 is 5.97 Å². The largest absolute Gasteiger partial charge is 0.469 e. The first kappa shape index (κ1) is 12.5. The van der Waals surface area contributed by atoms with Gasteiger partial charge in [0, 0.05) is 15.5 Å². The number of rotatable bonds is 3. The fourth-order valence-electron chi connectivity index (χ4n) is 1.18. The lowest BCUT2D eigenvalue weighted by Crippen LogP contribution is -2.16. The van der Waals surface area contributed by atoms with Crippen molar-refractivity contribution in [1.82, 2.24) is 0 Å². The van der Waals surface area contributed by atoms with Crippen molar-refractivity contribution in [1.29, 1.82) is 0 Å². The van der Waals surface area contributed by atoms with Gasteiger partial charge in [-0.1, -0.05) is 33.6 Å². The highest BCUT2D eigenvalue weighted by Gasteiger charge is 2.14. The Hall–Kier alpha value is -0.580. The summed E-state index contributed by atoms with van der Waals surface area (Å²) in [6.07, 6.45) is 0.123. The van der Waals surface area contributed by atoms with Crippen molar-refractivity contribution in [3.05, 3.63) is 33.3 Å². The van der Waals surface area contributed by atoms with Crippen LogP contribution in [0.15, 0.2) is 22.7 Å². The second-order valence-corrected chi connectivity index (χ2v) is 4.38. The Balaban J connectivity index is 2.82. The van der Waals surface area contributed by atoms with Crippen LogP contribution in [0.3, 0.4) is 0 Å². The Bertz CT molecular complexity index is 370. The van der Waals surface area contributed by atoms with Crippen LogP contribution in [-0.4, -0.2) is 13.1 Å². The first-order valence-corrected chi connectivity index (χ1v) is 5.49. The zero-order valence-electron chi connectivity index (χ0n) is 8.17. The van der Waals surface area contributed by atoms with Crippen molar-refractivity contribution in [3.8, 4) is 0 Å². The van der Waals surface area contributed by atoms with Crippen molar-refractivity contribution in [3.63, 3.8) is 0 Å². The fourth-order valence-corrected chi connectivity index (χ4v) is 1.99. The second kappa shape index (κ2) is 5.49. The summed E-state index contributed by atoms with van der Waals surface area (Å²) in [7, 11) is 1.33. The summed E-state index contributed by atoms with van der Waals surface area (Å²) in [5.74, 6) is -0.346. The number of carbonyl (C=O) groups is 1. The van der Waals surface area contributed by atoms with Crippen molar-refractivity contribution in [2.75, 3.05) is 7.11 Å². The predicted molar refractivity (Wildman–Crippen MR) is 62.7 cm³/mol. The summed E-state index contributed by atoms with van der Waals surface area (Å²) >= 11 is 9.28. The topological polar surface area (TPSA) is 52.3 Å². The first-order valence-electron chi connectivity index (χ1n) is 4.32. The third kappa shape index (κ3) is 3.48.